The summed E-state index contributed by atoms with van der Waals surface area (Å²) in [6, 6.07) is 14.2. The lowest BCUT2D eigenvalue weighted by atomic mass is 9.69. The van der Waals surface area contributed by atoms with Gasteiger partial charge in [0.25, 0.3) is 0 Å². The molecule has 2 heterocycles. The molecule has 0 unspecified atom stereocenters. The number of nitriles is 2. The molecule has 0 saturated carbocycles. The van der Waals surface area contributed by atoms with Crippen LogP contribution in [0, 0.1) is 22.7 Å². The lowest BCUT2D eigenvalue weighted by Gasteiger charge is -2.48. The Morgan fingerprint density at radius 3 is 2.03 bits per heavy atom. The van der Waals surface area contributed by atoms with Crippen LogP contribution in [-0.2, 0) is 10.8 Å². The highest BCUT2D eigenvalue weighted by Gasteiger charge is 2.39. The van der Waals surface area contributed by atoms with Crippen molar-refractivity contribution in [1.82, 2.24) is 0 Å². The molecule has 0 aliphatic carbocycles. The highest BCUT2D eigenvalue weighted by Crippen LogP contribution is 2.49. The fourth-order valence-corrected chi connectivity index (χ4v) is 4.62. The Balaban J connectivity index is 1.84. The van der Waals surface area contributed by atoms with Crippen molar-refractivity contribution >= 4 is 17.8 Å². The van der Waals surface area contributed by atoms with Gasteiger partial charge in [-0.2, -0.15) is 10.5 Å². The van der Waals surface area contributed by atoms with Gasteiger partial charge in [-0.1, -0.05) is 39.8 Å². The molecular formula is C26H27N3. The van der Waals surface area contributed by atoms with Gasteiger partial charge in [0.05, 0.1) is 23.3 Å². The standard InChI is InChI=1S/C26H27N3/c1-25(2)9-11-29-12-10-26(3,4)23-15-18(14-22(25)24(23)29)5-7-20-13-19(16-27)6-8-21(20)17-28/h5-8,13-15H,9-12H2,1-4H3/b7-5-. The minimum atomic E-state index is 0.149. The first-order chi connectivity index (χ1) is 13.7. The van der Waals surface area contributed by atoms with E-state index in [1.807, 2.05) is 6.08 Å². The summed E-state index contributed by atoms with van der Waals surface area (Å²) in [6.45, 7) is 11.6. The molecule has 0 saturated heterocycles. The van der Waals surface area contributed by atoms with Crippen molar-refractivity contribution in [3.63, 3.8) is 0 Å². The molecule has 0 aromatic heterocycles. The van der Waals surface area contributed by atoms with Gasteiger partial charge in [-0.15, -0.1) is 0 Å². The second kappa shape index (κ2) is 6.78. The summed E-state index contributed by atoms with van der Waals surface area (Å²) >= 11 is 0. The highest BCUT2D eigenvalue weighted by atomic mass is 15.2. The number of nitrogens with zero attached hydrogens (tertiary/aromatic N) is 3. The molecule has 4 rings (SSSR count). The van der Waals surface area contributed by atoms with E-state index >= 15 is 0 Å². The van der Waals surface area contributed by atoms with Gasteiger partial charge in [-0.05, 0) is 76.3 Å². The zero-order valence-electron chi connectivity index (χ0n) is 17.7. The predicted octanol–water partition coefficient (Wildman–Crippen LogP) is 5.77. The Hall–Kier alpha value is -3.04. The van der Waals surface area contributed by atoms with Gasteiger partial charge in [0.2, 0.25) is 0 Å². The summed E-state index contributed by atoms with van der Waals surface area (Å²) in [6.07, 6.45) is 6.39. The van der Waals surface area contributed by atoms with Crippen molar-refractivity contribution in [2.75, 3.05) is 18.0 Å². The van der Waals surface area contributed by atoms with Crippen molar-refractivity contribution < 1.29 is 0 Å². The number of benzene rings is 2. The predicted molar refractivity (Wildman–Crippen MR) is 119 cm³/mol. The highest BCUT2D eigenvalue weighted by molar-refractivity contribution is 5.77. The van der Waals surface area contributed by atoms with E-state index < -0.39 is 0 Å². The van der Waals surface area contributed by atoms with Gasteiger partial charge in [0.1, 0.15) is 0 Å². The van der Waals surface area contributed by atoms with E-state index in [0.29, 0.717) is 11.1 Å². The average Bonchev–Trinajstić information content (AvgIpc) is 2.70. The molecule has 0 N–H and O–H groups in total. The average molecular weight is 382 g/mol. The van der Waals surface area contributed by atoms with E-state index in [2.05, 4.69) is 62.9 Å². The SMILES string of the molecule is CC1(C)CCN2CCC(C)(C)c3cc(/C=C\c4cc(C#N)ccc4C#N)cc1c32. The van der Waals surface area contributed by atoms with Gasteiger partial charge in [-0.25, -0.2) is 0 Å². The van der Waals surface area contributed by atoms with E-state index in [9.17, 15) is 10.5 Å². The Labute approximate surface area is 173 Å². The van der Waals surface area contributed by atoms with Gasteiger partial charge in [-0.3, -0.25) is 0 Å². The third-order valence-corrected chi connectivity index (χ3v) is 6.68. The fraction of sp³-hybridized carbons (Fsp3) is 0.385. The maximum absolute atomic E-state index is 9.42. The van der Waals surface area contributed by atoms with Crippen molar-refractivity contribution in [3.05, 3.63) is 63.7 Å². The molecule has 2 aliphatic heterocycles. The molecule has 0 spiro atoms. The minimum absolute atomic E-state index is 0.149. The fourth-order valence-electron chi connectivity index (χ4n) is 4.62. The van der Waals surface area contributed by atoms with Crippen LogP contribution in [0.4, 0.5) is 5.69 Å². The molecular weight excluding hydrogens is 354 g/mol. The maximum Gasteiger partial charge on any atom is 0.0997 e. The molecule has 0 atom stereocenters. The van der Waals surface area contributed by atoms with Crippen LogP contribution in [0.15, 0.2) is 30.3 Å². The van der Waals surface area contributed by atoms with Crippen molar-refractivity contribution in [2.24, 2.45) is 0 Å². The molecule has 0 bridgehead atoms. The molecule has 0 amide bonds. The Morgan fingerprint density at radius 2 is 1.48 bits per heavy atom. The second-order valence-electron chi connectivity index (χ2n) is 9.58. The Bertz CT molecular complexity index is 1050. The molecule has 2 aromatic carbocycles. The quantitative estimate of drug-likeness (QED) is 0.621. The smallest absolute Gasteiger partial charge is 0.0997 e. The number of rotatable bonds is 2. The van der Waals surface area contributed by atoms with E-state index in [4.69, 9.17) is 0 Å². The summed E-state index contributed by atoms with van der Waals surface area (Å²) < 4.78 is 0. The van der Waals surface area contributed by atoms with E-state index in [-0.39, 0.29) is 10.8 Å². The maximum atomic E-state index is 9.42. The van der Waals surface area contributed by atoms with Crippen LogP contribution in [0.2, 0.25) is 0 Å². The van der Waals surface area contributed by atoms with E-state index in [0.717, 1.165) is 37.1 Å². The van der Waals surface area contributed by atoms with Crippen LogP contribution < -0.4 is 4.90 Å². The van der Waals surface area contributed by atoms with Crippen LogP contribution in [0.1, 0.15) is 73.9 Å². The zero-order chi connectivity index (χ0) is 20.8. The summed E-state index contributed by atoms with van der Waals surface area (Å²) in [5, 5.41) is 18.6. The lowest BCUT2D eigenvalue weighted by molar-refractivity contribution is 0.401. The number of anilines is 1. The third-order valence-electron chi connectivity index (χ3n) is 6.68. The zero-order valence-corrected chi connectivity index (χ0v) is 17.7. The number of hydrogen-bond donors (Lipinski definition) is 0. The van der Waals surface area contributed by atoms with Crippen LogP contribution in [0.5, 0.6) is 0 Å². The van der Waals surface area contributed by atoms with Crippen molar-refractivity contribution in [1.29, 1.82) is 10.5 Å². The monoisotopic (exact) mass is 381 g/mol. The number of hydrogen-bond acceptors (Lipinski definition) is 3. The van der Waals surface area contributed by atoms with Gasteiger partial charge >= 0.3 is 0 Å². The van der Waals surface area contributed by atoms with Crippen LogP contribution >= 0.6 is 0 Å². The van der Waals surface area contributed by atoms with E-state index in [1.54, 1.807) is 18.2 Å². The van der Waals surface area contributed by atoms with Crippen LogP contribution in [-0.4, -0.2) is 13.1 Å². The molecule has 2 aromatic rings. The first-order valence-corrected chi connectivity index (χ1v) is 10.3. The van der Waals surface area contributed by atoms with Crippen LogP contribution in [0.25, 0.3) is 12.2 Å². The second-order valence-corrected chi connectivity index (χ2v) is 9.58. The summed E-state index contributed by atoms with van der Waals surface area (Å²) in [5.74, 6) is 0. The van der Waals surface area contributed by atoms with E-state index in [1.165, 1.54) is 16.8 Å². The normalized spacial score (nSPS) is 18.8. The summed E-state index contributed by atoms with van der Waals surface area (Å²) in [5.41, 5.74) is 7.72. The molecule has 29 heavy (non-hydrogen) atoms. The topological polar surface area (TPSA) is 50.8 Å². The van der Waals surface area contributed by atoms with Crippen LogP contribution in [0.3, 0.4) is 0 Å². The molecule has 2 aliphatic rings. The largest absolute Gasteiger partial charge is 0.371 e. The minimum Gasteiger partial charge on any atom is -0.371 e. The van der Waals surface area contributed by atoms with Gasteiger partial charge in [0, 0.05) is 18.8 Å². The van der Waals surface area contributed by atoms with Crippen molar-refractivity contribution in [2.45, 2.75) is 51.4 Å². The molecule has 146 valence electrons. The molecule has 0 radical (unpaired) electrons. The summed E-state index contributed by atoms with van der Waals surface area (Å²) in [4.78, 5) is 2.57. The Kier molecular flexibility index (Phi) is 4.51. The first-order valence-electron chi connectivity index (χ1n) is 10.3. The van der Waals surface area contributed by atoms with Gasteiger partial charge < -0.3 is 4.90 Å². The molecule has 3 heteroatoms. The first kappa shape index (κ1) is 19.3. The van der Waals surface area contributed by atoms with Gasteiger partial charge in [0.15, 0.2) is 0 Å². The lowest BCUT2D eigenvalue weighted by Crippen LogP contribution is -2.44. The molecule has 0 fully saturated rings. The van der Waals surface area contributed by atoms with Crippen molar-refractivity contribution in [3.8, 4) is 12.1 Å². The Morgan fingerprint density at radius 1 is 0.862 bits per heavy atom. The molecule has 3 nitrogen and oxygen atoms in total. The third kappa shape index (κ3) is 3.32. The summed E-state index contributed by atoms with van der Waals surface area (Å²) in [7, 11) is 0.